The second kappa shape index (κ2) is 47.4. The predicted molar refractivity (Wildman–Crippen MR) is 450 cm³/mol. The molecule has 0 amide bonds. The largest absolute Gasteiger partial charge is 0.446 e. The van der Waals surface area contributed by atoms with Crippen molar-refractivity contribution in [2.45, 2.75) is 336 Å². The summed E-state index contributed by atoms with van der Waals surface area (Å²) in [5, 5.41) is 33.3. The summed E-state index contributed by atoms with van der Waals surface area (Å²) < 4.78 is 33.8. The van der Waals surface area contributed by atoms with Crippen LogP contribution in [0.1, 0.15) is 374 Å². The van der Waals surface area contributed by atoms with Gasteiger partial charge in [-0.2, -0.15) is 8.94 Å². The standard InChI is InChI=1S/C10H17N.C9H16N2.3C8H13NO.C8H13NS.2C7H13N3.C7H13N2S.2C6H10N2O/c1-6(2)10-8(4)7(3)9(5)11-10;1-6(2)9-10-7(3)8(4)11(9)5;1-5(2)8-6(3)10-7(4)9-8;1-5(2)8-6(3)9-7(4)10-8;1-5(2)8-6(3)7(4)10-9-8;1-5(2)8-6(3)9-7(4)10-8;1-5(2)7-9-8-6(3)10(7)4;1-5(2)7-6(3)8-9-10(7)4;1-5(2)7-8-6(3)10-9(7)4;1-4(2)6-8-7-5(3)9-6;1-4(2)6-7-5(3)8-9-6/h6-7H,1-5H3;6H,1-5H3;7*5H,1-4H3;2*4H,1-3H3/q;;;;;;;;+1;;. The highest BCUT2D eigenvalue weighted by atomic mass is 32.1. The number of oxazole rings is 2. The minimum atomic E-state index is 0.339. The third kappa shape index (κ3) is 32.7. The van der Waals surface area contributed by atoms with Crippen molar-refractivity contribution < 1.29 is 26.3 Å². The molecule has 26 heteroatoms. The van der Waals surface area contributed by atoms with E-state index in [0.29, 0.717) is 94.5 Å². The van der Waals surface area contributed by atoms with E-state index in [2.05, 4.69) is 272 Å². The minimum Gasteiger partial charge on any atom is -0.446 e. The van der Waals surface area contributed by atoms with Crippen molar-refractivity contribution in [2.24, 2.45) is 45.0 Å². The van der Waals surface area contributed by atoms with Crippen LogP contribution in [0.4, 0.5) is 0 Å². The highest BCUT2D eigenvalue weighted by molar-refractivity contribution is 7.11. The lowest BCUT2D eigenvalue weighted by atomic mass is 9.97. The molecule has 0 N–H and O–H groups in total. The summed E-state index contributed by atoms with van der Waals surface area (Å²) in [4.78, 5) is 31.6. The number of thiazole rings is 1. The van der Waals surface area contributed by atoms with Gasteiger partial charge in [-0.1, -0.05) is 175 Å². The van der Waals surface area contributed by atoms with Crippen molar-refractivity contribution in [3.8, 4) is 0 Å². The summed E-state index contributed by atoms with van der Waals surface area (Å²) in [6.45, 7) is 82.8. The molecule has 0 spiro atoms. The average Bonchev–Trinajstić information content (AvgIpc) is 1.74. The van der Waals surface area contributed by atoms with Crippen LogP contribution in [0.5, 0.6) is 0 Å². The first-order valence-electron chi connectivity index (χ1n) is 39.0. The molecule has 1 unspecified atom stereocenters. The van der Waals surface area contributed by atoms with Crippen molar-refractivity contribution in [3.63, 3.8) is 0 Å². The molecule has 0 aliphatic carbocycles. The first kappa shape index (κ1) is 100. The highest BCUT2D eigenvalue weighted by Crippen LogP contribution is 2.30. The first-order chi connectivity index (χ1) is 50.8. The van der Waals surface area contributed by atoms with Gasteiger partial charge < -0.3 is 31.4 Å². The van der Waals surface area contributed by atoms with E-state index < -0.39 is 0 Å². The molecule has 0 saturated heterocycles. The Morgan fingerprint density at radius 3 is 1.18 bits per heavy atom. The van der Waals surface area contributed by atoms with E-state index in [1.54, 1.807) is 18.5 Å². The van der Waals surface area contributed by atoms with Crippen LogP contribution >= 0.6 is 22.9 Å². The van der Waals surface area contributed by atoms with Crippen molar-refractivity contribution in [1.82, 2.24) is 84.7 Å². The van der Waals surface area contributed by atoms with E-state index in [0.717, 1.165) is 74.2 Å². The van der Waals surface area contributed by atoms with Gasteiger partial charge in [0.2, 0.25) is 22.7 Å². The third-order valence-corrected chi connectivity index (χ3v) is 19.7. The second-order valence-electron chi connectivity index (χ2n) is 31.5. The zero-order valence-corrected chi connectivity index (χ0v) is 77.9. The zero-order valence-electron chi connectivity index (χ0n) is 76.3. The number of aromatic nitrogens is 18. The van der Waals surface area contributed by atoms with Crippen molar-refractivity contribution in [1.29, 1.82) is 0 Å². The summed E-state index contributed by atoms with van der Waals surface area (Å²) in [6, 6.07) is 0. The molecule has 110 heavy (non-hydrogen) atoms. The zero-order chi connectivity index (χ0) is 85.0. The number of aliphatic imine (C=N–C) groups is 1. The molecule has 0 aromatic carbocycles. The van der Waals surface area contributed by atoms with Crippen molar-refractivity contribution in [2.75, 3.05) is 0 Å². The van der Waals surface area contributed by atoms with Gasteiger partial charge in [0, 0.05) is 112 Å². The van der Waals surface area contributed by atoms with Crippen LogP contribution in [-0.4, -0.2) is 90.5 Å². The van der Waals surface area contributed by atoms with Gasteiger partial charge >= 0.3 is 5.82 Å². The summed E-state index contributed by atoms with van der Waals surface area (Å²) in [6.07, 6.45) is 0. The van der Waals surface area contributed by atoms with Gasteiger partial charge in [0.25, 0.3) is 0 Å². The van der Waals surface area contributed by atoms with Crippen LogP contribution in [0.2, 0.25) is 0 Å². The molecule has 11 heterocycles. The molecule has 24 nitrogen and oxygen atoms in total. The minimum absolute atomic E-state index is 0.339. The fraction of sp³-hybridized carbons (Fsp3) is 0.667. The van der Waals surface area contributed by atoms with E-state index in [1.165, 1.54) is 61.2 Å². The van der Waals surface area contributed by atoms with Gasteiger partial charge in [-0.25, -0.2) is 19.9 Å². The Morgan fingerprint density at radius 1 is 0.418 bits per heavy atom. The predicted octanol–water partition coefficient (Wildman–Crippen LogP) is 22.2. The van der Waals surface area contributed by atoms with E-state index >= 15 is 0 Å². The van der Waals surface area contributed by atoms with Gasteiger partial charge in [0.15, 0.2) is 17.6 Å². The van der Waals surface area contributed by atoms with Crippen LogP contribution in [0.15, 0.2) is 38.6 Å². The molecule has 10 aromatic heterocycles. The molecular weight excluding hydrogens is 1420 g/mol. The Bertz CT molecular complexity index is 4010. The number of rotatable bonds is 11. The van der Waals surface area contributed by atoms with E-state index in [-0.39, 0.29) is 0 Å². The summed E-state index contributed by atoms with van der Waals surface area (Å²) >= 11 is 3.51. The molecule has 1 atom stereocenters. The maximum absolute atomic E-state index is 5.36. The third-order valence-electron chi connectivity index (χ3n) is 17.5. The molecule has 0 bridgehead atoms. The summed E-state index contributed by atoms with van der Waals surface area (Å²) in [5.74, 6) is 17.5. The van der Waals surface area contributed by atoms with Crippen molar-refractivity contribution >= 4 is 28.6 Å². The number of aryl methyl sites for hydroxylation is 15. The smallest absolute Gasteiger partial charge is 0.313 e. The molecule has 10 aromatic rings. The molecule has 11 rings (SSSR count). The number of hydrogen-bond acceptors (Lipinski definition) is 22. The molecule has 0 radical (unpaired) electrons. The van der Waals surface area contributed by atoms with E-state index in [9.17, 15) is 0 Å². The van der Waals surface area contributed by atoms with Crippen LogP contribution < -0.4 is 3.96 Å². The molecule has 616 valence electrons. The van der Waals surface area contributed by atoms with Gasteiger partial charge in [0.1, 0.15) is 34.8 Å². The fourth-order valence-corrected chi connectivity index (χ4v) is 13.0. The van der Waals surface area contributed by atoms with Crippen LogP contribution in [-0.2, 0) is 28.2 Å². The van der Waals surface area contributed by atoms with Gasteiger partial charge in [0.05, 0.1) is 69.4 Å². The molecule has 0 saturated carbocycles. The Kier molecular flexibility index (Phi) is 43.1. The number of allylic oxidation sites excluding steroid dienone is 2. The maximum atomic E-state index is 5.36. The molecule has 1 aliphatic heterocycles. The summed E-state index contributed by atoms with van der Waals surface area (Å²) in [7, 11) is 8.05. The monoisotopic (exact) mass is 1560 g/mol. The van der Waals surface area contributed by atoms with Crippen molar-refractivity contribution in [3.05, 3.63) is 153 Å². The van der Waals surface area contributed by atoms with Gasteiger partial charge in [-0.15, -0.1) is 36.8 Å². The SMILES string of the molecule is CC1=NC(C(C)C)=C(C)C1C.Cc1nc(C(C)C)[n+](C)s1.Cc1nc(C(C)C)c(C)o1.Cc1nc(C(C)C)n(C)c1C.Cc1nc(C)c(C(C)C)o1.Cc1nc(C)c(C(C)C)s1.Cc1nnc(C(C)C)n1C.Cc1nnc(C(C)C)o1.Cc1nnn(C)c1C(C)C.Cc1noc(C(C)C)n1.Cc1onc(C(C)C)c1C. The van der Waals surface area contributed by atoms with E-state index in [1.807, 2.05) is 132 Å². The van der Waals surface area contributed by atoms with Gasteiger partial charge in [-0.3, -0.25) is 9.67 Å². The maximum Gasteiger partial charge on any atom is 0.313 e. The second-order valence-corrected chi connectivity index (χ2v) is 34.1. The molecular formula is C84H144N19O5S2+. The summed E-state index contributed by atoms with van der Waals surface area (Å²) in [5.41, 5.74) is 14.3. The lowest BCUT2D eigenvalue weighted by Gasteiger charge is -2.06. The number of imidazole rings is 1. The lowest BCUT2D eigenvalue weighted by molar-refractivity contribution is -0.613. The highest BCUT2D eigenvalue weighted by Gasteiger charge is 2.22. The van der Waals surface area contributed by atoms with Crippen LogP contribution in [0, 0.1) is 116 Å². The topological polar surface area (TPSA) is 277 Å². The molecule has 1 aliphatic rings. The Hall–Kier alpha value is -8.00. The first-order valence-corrected chi connectivity index (χ1v) is 40.5. The lowest BCUT2D eigenvalue weighted by Crippen LogP contribution is -2.28. The number of hydrogen-bond donors (Lipinski definition) is 0. The van der Waals surface area contributed by atoms with Crippen LogP contribution in [0.25, 0.3) is 0 Å². The molecule has 0 fully saturated rings. The Balaban J connectivity index is 0.000000605. The van der Waals surface area contributed by atoms with Crippen LogP contribution in [0.3, 0.4) is 0 Å². The Morgan fingerprint density at radius 2 is 0.982 bits per heavy atom. The quantitative estimate of drug-likeness (QED) is 0.109. The average molecular weight is 1560 g/mol. The number of nitrogens with zero attached hydrogens (tertiary/aromatic N) is 19. The van der Waals surface area contributed by atoms with Gasteiger partial charge in [-0.05, 0) is 130 Å². The normalized spacial score (nSPS) is 12.3. The fourth-order valence-electron chi connectivity index (χ4n) is 11.2. The van der Waals surface area contributed by atoms with E-state index in [4.69, 9.17) is 22.3 Å². The Labute approximate surface area is 670 Å².